The van der Waals surface area contributed by atoms with Crippen molar-refractivity contribution < 1.29 is 0 Å². The number of hydrogen-bond donors (Lipinski definition) is 1. The average molecular weight is 200 g/mol. The van der Waals surface area contributed by atoms with Crippen LogP contribution < -0.4 is 5.73 Å². The number of pyridine rings is 1. The Balaban J connectivity index is 2.32. The van der Waals surface area contributed by atoms with E-state index in [0.29, 0.717) is 0 Å². The van der Waals surface area contributed by atoms with Gasteiger partial charge >= 0.3 is 0 Å². The maximum Gasteiger partial charge on any atom is 0.0915 e. The lowest BCUT2D eigenvalue weighted by atomic mass is 10.1. The smallest absolute Gasteiger partial charge is 0.0915 e. The highest BCUT2D eigenvalue weighted by Crippen LogP contribution is 2.14. The lowest BCUT2D eigenvalue weighted by molar-refractivity contribution is 0.781. The van der Waals surface area contributed by atoms with E-state index in [0.717, 1.165) is 17.1 Å². The Morgan fingerprint density at radius 2 is 2.07 bits per heavy atom. The van der Waals surface area contributed by atoms with Gasteiger partial charge in [-0.3, -0.25) is 15.0 Å². The SMILES string of the molecule is Cc1cccc(C(N)c2cnccn2)n1. The van der Waals surface area contributed by atoms with Crippen LogP contribution in [0.4, 0.5) is 0 Å². The zero-order valence-electron chi connectivity index (χ0n) is 8.46. The maximum atomic E-state index is 6.02. The summed E-state index contributed by atoms with van der Waals surface area (Å²) < 4.78 is 0. The fraction of sp³-hybridized carbons (Fsp3) is 0.182. The van der Waals surface area contributed by atoms with Gasteiger partial charge in [0, 0.05) is 18.1 Å². The molecule has 15 heavy (non-hydrogen) atoms. The Hall–Kier alpha value is -1.81. The van der Waals surface area contributed by atoms with Crippen molar-refractivity contribution in [2.75, 3.05) is 0 Å². The molecule has 2 aromatic rings. The molecule has 2 heterocycles. The van der Waals surface area contributed by atoms with Crippen molar-refractivity contribution in [3.8, 4) is 0 Å². The van der Waals surface area contributed by atoms with Crippen molar-refractivity contribution >= 4 is 0 Å². The molecule has 0 bridgehead atoms. The summed E-state index contributed by atoms with van der Waals surface area (Å²) in [5.74, 6) is 0. The molecule has 0 aliphatic rings. The molecule has 4 heteroatoms. The number of hydrogen-bond acceptors (Lipinski definition) is 4. The molecule has 0 saturated heterocycles. The summed E-state index contributed by atoms with van der Waals surface area (Å²) in [6, 6.07) is 5.46. The topological polar surface area (TPSA) is 64.7 Å². The molecule has 0 aliphatic heterocycles. The molecular formula is C11H12N4. The van der Waals surface area contributed by atoms with E-state index in [1.807, 2.05) is 25.1 Å². The first-order valence-electron chi connectivity index (χ1n) is 4.72. The molecule has 0 amide bonds. The molecule has 76 valence electrons. The van der Waals surface area contributed by atoms with Crippen LogP contribution in [-0.2, 0) is 0 Å². The predicted molar refractivity (Wildman–Crippen MR) is 57.0 cm³/mol. The summed E-state index contributed by atoms with van der Waals surface area (Å²) in [7, 11) is 0. The van der Waals surface area contributed by atoms with Gasteiger partial charge in [-0.05, 0) is 19.1 Å². The minimum atomic E-state index is -0.307. The second-order valence-corrected chi connectivity index (χ2v) is 3.31. The van der Waals surface area contributed by atoms with Gasteiger partial charge in [-0.1, -0.05) is 6.07 Å². The average Bonchev–Trinajstić information content (AvgIpc) is 2.29. The highest BCUT2D eigenvalue weighted by atomic mass is 14.9. The van der Waals surface area contributed by atoms with Crippen LogP contribution >= 0.6 is 0 Å². The van der Waals surface area contributed by atoms with Gasteiger partial charge in [-0.15, -0.1) is 0 Å². The van der Waals surface area contributed by atoms with Crippen molar-refractivity contribution in [1.29, 1.82) is 0 Å². The van der Waals surface area contributed by atoms with Crippen LogP contribution in [0.15, 0.2) is 36.8 Å². The van der Waals surface area contributed by atoms with Crippen LogP contribution in [0.2, 0.25) is 0 Å². The van der Waals surface area contributed by atoms with Gasteiger partial charge in [0.15, 0.2) is 0 Å². The summed E-state index contributed by atoms with van der Waals surface area (Å²) in [5.41, 5.74) is 8.52. The summed E-state index contributed by atoms with van der Waals surface area (Å²) in [6.07, 6.45) is 4.92. The van der Waals surface area contributed by atoms with E-state index in [-0.39, 0.29) is 6.04 Å². The van der Waals surface area contributed by atoms with Crippen molar-refractivity contribution in [3.63, 3.8) is 0 Å². The molecule has 2 aromatic heterocycles. The monoisotopic (exact) mass is 200 g/mol. The second-order valence-electron chi connectivity index (χ2n) is 3.31. The van der Waals surface area contributed by atoms with Gasteiger partial charge < -0.3 is 5.73 Å². The molecule has 1 unspecified atom stereocenters. The molecule has 0 spiro atoms. The second kappa shape index (κ2) is 4.14. The highest BCUT2D eigenvalue weighted by Gasteiger charge is 2.11. The van der Waals surface area contributed by atoms with Crippen LogP contribution in [0, 0.1) is 6.92 Å². The van der Waals surface area contributed by atoms with Gasteiger partial charge in [0.05, 0.1) is 23.6 Å². The number of rotatable bonds is 2. The van der Waals surface area contributed by atoms with E-state index in [1.165, 1.54) is 0 Å². The Morgan fingerprint density at radius 3 is 2.73 bits per heavy atom. The Kier molecular flexibility index (Phi) is 2.69. The Bertz CT molecular complexity index is 441. The molecule has 2 rings (SSSR count). The van der Waals surface area contributed by atoms with Gasteiger partial charge in [0.2, 0.25) is 0 Å². The summed E-state index contributed by atoms with van der Waals surface area (Å²) in [6.45, 7) is 1.94. The zero-order chi connectivity index (χ0) is 10.7. The third-order valence-corrected chi connectivity index (χ3v) is 2.13. The first-order valence-corrected chi connectivity index (χ1v) is 4.72. The first-order chi connectivity index (χ1) is 7.27. The molecule has 0 aliphatic carbocycles. The molecule has 0 aromatic carbocycles. The van der Waals surface area contributed by atoms with Gasteiger partial charge in [-0.25, -0.2) is 0 Å². The van der Waals surface area contributed by atoms with Crippen molar-refractivity contribution in [2.45, 2.75) is 13.0 Å². The van der Waals surface area contributed by atoms with E-state index < -0.39 is 0 Å². The van der Waals surface area contributed by atoms with E-state index in [4.69, 9.17) is 5.73 Å². The largest absolute Gasteiger partial charge is 0.318 e. The molecule has 0 fully saturated rings. The maximum absolute atomic E-state index is 6.02. The lowest BCUT2D eigenvalue weighted by Crippen LogP contribution is -2.15. The van der Waals surface area contributed by atoms with E-state index >= 15 is 0 Å². The van der Waals surface area contributed by atoms with Crippen molar-refractivity contribution in [3.05, 3.63) is 53.9 Å². The zero-order valence-corrected chi connectivity index (χ0v) is 8.46. The van der Waals surface area contributed by atoms with Crippen LogP contribution in [0.1, 0.15) is 23.1 Å². The Morgan fingerprint density at radius 1 is 1.20 bits per heavy atom. The minimum absolute atomic E-state index is 0.307. The van der Waals surface area contributed by atoms with Crippen LogP contribution in [0.25, 0.3) is 0 Å². The van der Waals surface area contributed by atoms with Crippen LogP contribution in [0.3, 0.4) is 0 Å². The summed E-state index contributed by atoms with van der Waals surface area (Å²) in [4.78, 5) is 12.5. The third-order valence-electron chi connectivity index (χ3n) is 2.13. The lowest BCUT2D eigenvalue weighted by Gasteiger charge is -2.09. The minimum Gasteiger partial charge on any atom is -0.318 e. The van der Waals surface area contributed by atoms with E-state index in [1.54, 1.807) is 18.6 Å². The number of nitrogens with zero attached hydrogens (tertiary/aromatic N) is 3. The van der Waals surface area contributed by atoms with Crippen LogP contribution in [0.5, 0.6) is 0 Å². The molecule has 0 radical (unpaired) electrons. The first kappa shape index (κ1) is 9.73. The number of nitrogens with two attached hydrogens (primary N) is 1. The predicted octanol–water partition coefficient (Wildman–Crippen LogP) is 1.23. The molecular weight excluding hydrogens is 188 g/mol. The fourth-order valence-corrected chi connectivity index (χ4v) is 1.36. The van der Waals surface area contributed by atoms with Crippen LogP contribution in [-0.4, -0.2) is 15.0 Å². The normalized spacial score (nSPS) is 12.4. The quantitative estimate of drug-likeness (QED) is 0.791. The van der Waals surface area contributed by atoms with Gasteiger partial charge in [0.25, 0.3) is 0 Å². The van der Waals surface area contributed by atoms with Crippen molar-refractivity contribution in [2.24, 2.45) is 5.73 Å². The summed E-state index contributed by atoms with van der Waals surface area (Å²) >= 11 is 0. The van der Waals surface area contributed by atoms with E-state index in [2.05, 4.69) is 15.0 Å². The van der Waals surface area contributed by atoms with E-state index in [9.17, 15) is 0 Å². The molecule has 1 atom stereocenters. The third kappa shape index (κ3) is 2.16. The molecule has 4 nitrogen and oxygen atoms in total. The summed E-state index contributed by atoms with van der Waals surface area (Å²) in [5, 5.41) is 0. The number of aromatic nitrogens is 3. The number of aryl methyl sites for hydroxylation is 1. The molecule has 0 saturated carbocycles. The highest BCUT2D eigenvalue weighted by molar-refractivity contribution is 5.20. The molecule has 2 N–H and O–H groups in total. The Labute approximate surface area is 88.2 Å². The van der Waals surface area contributed by atoms with Crippen molar-refractivity contribution in [1.82, 2.24) is 15.0 Å². The standard InChI is InChI=1S/C11H12N4/c1-8-3-2-4-9(15-8)11(12)10-7-13-5-6-14-10/h2-7,11H,12H2,1H3. The fourth-order valence-electron chi connectivity index (χ4n) is 1.36. The van der Waals surface area contributed by atoms with Gasteiger partial charge in [0.1, 0.15) is 0 Å². The van der Waals surface area contributed by atoms with Gasteiger partial charge in [-0.2, -0.15) is 0 Å².